The highest BCUT2D eigenvalue weighted by atomic mass is 32.2. The van der Waals surface area contributed by atoms with E-state index in [2.05, 4.69) is 10.6 Å². The van der Waals surface area contributed by atoms with Crippen molar-refractivity contribution in [1.29, 1.82) is 0 Å². The fourth-order valence-electron chi connectivity index (χ4n) is 2.33. The summed E-state index contributed by atoms with van der Waals surface area (Å²) >= 11 is 1.42. The van der Waals surface area contributed by atoms with Crippen molar-refractivity contribution in [3.8, 4) is 0 Å². The Bertz CT molecular complexity index is 804. The molecule has 0 saturated heterocycles. The summed E-state index contributed by atoms with van der Waals surface area (Å²) in [7, 11) is 0. The van der Waals surface area contributed by atoms with E-state index in [0.29, 0.717) is 17.8 Å². The Balaban J connectivity index is 1.87. The van der Waals surface area contributed by atoms with E-state index in [-0.39, 0.29) is 23.5 Å². The predicted octanol–water partition coefficient (Wildman–Crippen LogP) is 3.78. The summed E-state index contributed by atoms with van der Waals surface area (Å²) in [6.07, 6.45) is 0.546. The van der Waals surface area contributed by atoms with Crippen LogP contribution in [0.1, 0.15) is 25.8 Å². The van der Waals surface area contributed by atoms with Crippen molar-refractivity contribution in [1.82, 2.24) is 0 Å². The first-order valence-electron chi connectivity index (χ1n) is 8.49. The highest BCUT2D eigenvalue weighted by Gasteiger charge is 2.14. The molecule has 27 heavy (non-hydrogen) atoms. The van der Waals surface area contributed by atoms with Gasteiger partial charge in [0.25, 0.3) is 0 Å². The topological polar surface area (TPSA) is 95.5 Å². The number of anilines is 2. The minimum Gasteiger partial charge on any atom is -0.481 e. The van der Waals surface area contributed by atoms with E-state index in [1.54, 1.807) is 24.3 Å². The van der Waals surface area contributed by atoms with Crippen molar-refractivity contribution >= 4 is 40.9 Å². The number of thioether (sulfide) groups is 1. The first kappa shape index (κ1) is 20.5. The summed E-state index contributed by atoms with van der Waals surface area (Å²) < 4.78 is 0. The number of carboxylic acids is 1. The molecule has 0 radical (unpaired) electrons. The number of carboxylic acid groups (broad SMARTS) is 1. The molecule has 0 aromatic heterocycles. The predicted molar refractivity (Wildman–Crippen MR) is 107 cm³/mol. The van der Waals surface area contributed by atoms with Gasteiger partial charge in [0.05, 0.1) is 5.25 Å². The van der Waals surface area contributed by atoms with Crippen LogP contribution in [0, 0.1) is 0 Å². The third kappa shape index (κ3) is 7.15. The van der Waals surface area contributed by atoms with Gasteiger partial charge >= 0.3 is 5.97 Å². The van der Waals surface area contributed by atoms with E-state index in [1.165, 1.54) is 18.7 Å². The molecule has 2 aromatic carbocycles. The highest BCUT2D eigenvalue weighted by Crippen LogP contribution is 2.25. The van der Waals surface area contributed by atoms with Gasteiger partial charge in [0.1, 0.15) is 0 Å². The normalized spacial score (nSPS) is 11.5. The second-order valence-corrected chi connectivity index (χ2v) is 7.46. The number of amides is 2. The van der Waals surface area contributed by atoms with Crippen molar-refractivity contribution in [3.05, 3.63) is 54.1 Å². The molecule has 7 heteroatoms. The number of hydrogen-bond donors (Lipinski definition) is 3. The Morgan fingerprint density at radius 3 is 2.07 bits per heavy atom. The number of carbonyl (C=O) groups is 3. The molecule has 142 valence electrons. The summed E-state index contributed by atoms with van der Waals surface area (Å²) in [4.78, 5) is 34.9. The number of benzene rings is 2. The van der Waals surface area contributed by atoms with Gasteiger partial charge < -0.3 is 15.7 Å². The highest BCUT2D eigenvalue weighted by molar-refractivity contribution is 8.00. The van der Waals surface area contributed by atoms with Crippen LogP contribution in [0.3, 0.4) is 0 Å². The number of aliphatic carboxylic acids is 1. The lowest BCUT2D eigenvalue weighted by molar-refractivity contribution is -0.137. The summed E-state index contributed by atoms with van der Waals surface area (Å²) in [6, 6.07) is 14.5. The number of hydrogen-bond acceptors (Lipinski definition) is 4. The van der Waals surface area contributed by atoms with Crippen LogP contribution in [0.15, 0.2) is 53.4 Å². The van der Waals surface area contributed by atoms with Crippen LogP contribution in [-0.2, 0) is 20.8 Å². The van der Waals surface area contributed by atoms with Crippen LogP contribution in [0.25, 0.3) is 0 Å². The maximum atomic E-state index is 12.4. The van der Waals surface area contributed by atoms with Crippen LogP contribution in [0.2, 0.25) is 0 Å². The number of aryl methyl sites for hydroxylation is 1. The Kier molecular flexibility index (Phi) is 7.43. The maximum Gasteiger partial charge on any atom is 0.303 e. The van der Waals surface area contributed by atoms with Crippen LogP contribution in [0.5, 0.6) is 0 Å². The van der Waals surface area contributed by atoms with E-state index in [1.807, 2.05) is 31.2 Å². The van der Waals surface area contributed by atoms with Gasteiger partial charge in [0, 0.05) is 29.6 Å². The van der Waals surface area contributed by atoms with E-state index < -0.39 is 5.97 Å². The van der Waals surface area contributed by atoms with Gasteiger partial charge in [-0.2, -0.15) is 0 Å². The van der Waals surface area contributed by atoms with Crippen molar-refractivity contribution in [2.24, 2.45) is 0 Å². The smallest absolute Gasteiger partial charge is 0.303 e. The third-order valence-corrected chi connectivity index (χ3v) is 4.82. The van der Waals surface area contributed by atoms with Gasteiger partial charge in [-0.15, -0.1) is 11.8 Å². The molecule has 1 atom stereocenters. The second kappa shape index (κ2) is 9.78. The standard InChI is InChI=1S/C20H22N2O4S/c1-13(27-18-10-8-16(9-11-18)21-14(2)23)20(26)22-17-6-3-15(4-7-17)5-12-19(24)25/h3-4,6-11,13H,5,12H2,1-2H3,(H,21,23)(H,22,26)(H,24,25). The molecule has 2 amide bonds. The minimum absolute atomic E-state index is 0.0834. The van der Waals surface area contributed by atoms with E-state index in [4.69, 9.17) is 5.11 Å². The van der Waals surface area contributed by atoms with Crippen LogP contribution in [-0.4, -0.2) is 28.1 Å². The first-order chi connectivity index (χ1) is 12.8. The molecular formula is C20H22N2O4S. The average molecular weight is 386 g/mol. The van der Waals surface area contributed by atoms with E-state index in [0.717, 1.165) is 10.5 Å². The molecule has 0 spiro atoms. The van der Waals surface area contributed by atoms with Crippen molar-refractivity contribution in [2.45, 2.75) is 36.8 Å². The zero-order valence-corrected chi connectivity index (χ0v) is 16.0. The van der Waals surface area contributed by atoms with Crippen molar-refractivity contribution in [3.63, 3.8) is 0 Å². The van der Waals surface area contributed by atoms with Crippen LogP contribution in [0.4, 0.5) is 11.4 Å². The molecular weight excluding hydrogens is 364 g/mol. The van der Waals surface area contributed by atoms with Gasteiger partial charge in [-0.05, 0) is 55.3 Å². The molecule has 0 heterocycles. The Morgan fingerprint density at radius 1 is 0.963 bits per heavy atom. The Morgan fingerprint density at radius 2 is 1.52 bits per heavy atom. The van der Waals surface area contributed by atoms with Gasteiger partial charge in [0.2, 0.25) is 11.8 Å². The van der Waals surface area contributed by atoms with Gasteiger partial charge in [-0.3, -0.25) is 14.4 Å². The number of carbonyl (C=O) groups excluding carboxylic acids is 2. The lowest BCUT2D eigenvalue weighted by Gasteiger charge is -2.13. The molecule has 2 rings (SSSR count). The average Bonchev–Trinajstić information content (AvgIpc) is 2.62. The Hall–Kier alpha value is -2.80. The summed E-state index contributed by atoms with van der Waals surface area (Å²) in [5.74, 6) is -1.08. The number of rotatable bonds is 8. The monoisotopic (exact) mass is 386 g/mol. The lowest BCUT2D eigenvalue weighted by atomic mass is 10.1. The minimum atomic E-state index is -0.830. The zero-order valence-electron chi connectivity index (χ0n) is 15.2. The molecule has 6 nitrogen and oxygen atoms in total. The Labute approximate surface area is 162 Å². The molecule has 0 saturated carbocycles. The molecule has 0 bridgehead atoms. The molecule has 0 aliphatic rings. The molecule has 0 aliphatic heterocycles. The van der Waals surface area contributed by atoms with Crippen LogP contribution < -0.4 is 10.6 Å². The lowest BCUT2D eigenvalue weighted by Crippen LogP contribution is -2.22. The molecule has 0 aliphatic carbocycles. The van der Waals surface area contributed by atoms with Gasteiger partial charge in [-0.1, -0.05) is 12.1 Å². The maximum absolute atomic E-state index is 12.4. The fraction of sp³-hybridized carbons (Fsp3) is 0.250. The summed E-state index contributed by atoms with van der Waals surface area (Å²) in [5, 5.41) is 14.0. The van der Waals surface area contributed by atoms with Gasteiger partial charge in [-0.25, -0.2) is 0 Å². The van der Waals surface area contributed by atoms with Crippen molar-refractivity contribution in [2.75, 3.05) is 10.6 Å². The SMILES string of the molecule is CC(=O)Nc1ccc(SC(C)C(=O)Nc2ccc(CCC(=O)O)cc2)cc1. The first-order valence-corrected chi connectivity index (χ1v) is 9.37. The summed E-state index contributed by atoms with van der Waals surface area (Å²) in [5.41, 5.74) is 2.30. The quantitative estimate of drug-likeness (QED) is 0.600. The molecule has 2 aromatic rings. The van der Waals surface area contributed by atoms with Crippen molar-refractivity contribution < 1.29 is 19.5 Å². The second-order valence-electron chi connectivity index (χ2n) is 6.05. The molecule has 3 N–H and O–H groups in total. The zero-order chi connectivity index (χ0) is 19.8. The molecule has 1 unspecified atom stereocenters. The molecule has 0 fully saturated rings. The van der Waals surface area contributed by atoms with E-state index in [9.17, 15) is 14.4 Å². The van der Waals surface area contributed by atoms with Crippen LogP contribution >= 0.6 is 11.8 Å². The third-order valence-electron chi connectivity index (χ3n) is 3.71. The fourth-order valence-corrected chi connectivity index (χ4v) is 3.20. The summed E-state index contributed by atoms with van der Waals surface area (Å²) in [6.45, 7) is 3.27. The number of nitrogens with one attached hydrogen (secondary N) is 2. The largest absolute Gasteiger partial charge is 0.481 e. The van der Waals surface area contributed by atoms with Gasteiger partial charge in [0.15, 0.2) is 0 Å². The van der Waals surface area contributed by atoms with E-state index >= 15 is 0 Å².